The van der Waals surface area contributed by atoms with Gasteiger partial charge in [-0.15, -0.1) is 11.8 Å². The molecule has 0 aliphatic carbocycles. The van der Waals surface area contributed by atoms with Crippen LogP contribution in [0.25, 0.3) is 0 Å². The minimum atomic E-state index is -1.52. The van der Waals surface area contributed by atoms with E-state index in [9.17, 15) is 19.5 Å². The number of carboxylic acids is 2. The third-order valence-corrected chi connectivity index (χ3v) is 4.37. The fraction of sp³-hybridized carbons (Fsp3) is 0.700. The van der Waals surface area contributed by atoms with E-state index in [1.807, 2.05) is 0 Å². The Morgan fingerprint density at radius 3 is 2.35 bits per heavy atom. The predicted molar refractivity (Wildman–Crippen MR) is 61.9 cm³/mol. The molecule has 96 valence electrons. The molecule has 7 heteroatoms. The Morgan fingerprint density at radius 2 is 2.00 bits per heavy atom. The van der Waals surface area contributed by atoms with Crippen molar-refractivity contribution < 1.29 is 24.6 Å². The van der Waals surface area contributed by atoms with Crippen molar-refractivity contribution in [3.05, 3.63) is 0 Å². The summed E-state index contributed by atoms with van der Waals surface area (Å²) in [6.07, 6.45) is -0.509. The number of carbonyl (C=O) groups excluding carboxylic acids is 1. The summed E-state index contributed by atoms with van der Waals surface area (Å²) in [4.78, 5) is 33.5. The highest BCUT2D eigenvalue weighted by atomic mass is 32.2. The van der Waals surface area contributed by atoms with Crippen LogP contribution in [-0.4, -0.2) is 56.0 Å². The Hall–Kier alpha value is -1.08. The summed E-state index contributed by atoms with van der Waals surface area (Å²) >= 11 is 1.02. The second kappa shape index (κ2) is 5.05. The van der Waals surface area contributed by atoms with E-state index in [0.717, 1.165) is 11.8 Å². The van der Waals surface area contributed by atoms with Crippen LogP contribution in [0.4, 0.5) is 0 Å². The number of aliphatic carboxylic acids is 2. The first-order valence-corrected chi connectivity index (χ1v) is 6.20. The van der Waals surface area contributed by atoms with Crippen molar-refractivity contribution in [3.63, 3.8) is 0 Å². The molecule has 1 aliphatic rings. The molecule has 1 fully saturated rings. The van der Waals surface area contributed by atoms with Gasteiger partial charge in [0.05, 0.1) is 12.5 Å². The summed E-state index contributed by atoms with van der Waals surface area (Å²) in [7, 11) is 0. The van der Waals surface area contributed by atoms with Gasteiger partial charge in [0.2, 0.25) is 0 Å². The molecular formula is C10H15NO5S. The Morgan fingerprint density at radius 1 is 1.41 bits per heavy atom. The standard InChI is InChI=1S/C10H15NO5S/c1-3-11-7(6(2)12)5-17-10(11,9(15)16)4-8(13)14/h7H,3-5H2,1-2H3,(H,13,14)(H,15,16). The van der Waals surface area contributed by atoms with Gasteiger partial charge < -0.3 is 10.2 Å². The molecular weight excluding hydrogens is 246 g/mol. The van der Waals surface area contributed by atoms with Gasteiger partial charge in [0, 0.05) is 5.75 Å². The van der Waals surface area contributed by atoms with Crippen molar-refractivity contribution in [2.45, 2.75) is 31.2 Å². The topological polar surface area (TPSA) is 94.9 Å². The van der Waals surface area contributed by atoms with Crippen LogP contribution in [0.15, 0.2) is 0 Å². The second-order valence-corrected chi connectivity index (χ2v) is 5.18. The van der Waals surface area contributed by atoms with E-state index in [1.54, 1.807) is 6.92 Å². The molecule has 0 aromatic rings. The Bertz CT molecular complexity index is 359. The van der Waals surface area contributed by atoms with E-state index in [-0.39, 0.29) is 5.78 Å². The molecule has 1 rings (SSSR count). The van der Waals surface area contributed by atoms with Crippen LogP contribution in [0.5, 0.6) is 0 Å². The minimum absolute atomic E-state index is 0.132. The van der Waals surface area contributed by atoms with Crippen LogP contribution < -0.4 is 0 Å². The number of likely N-dealkylation sites (N-methyl/N-ethyl adjacent to an activating group) is 1. The number of nitrogens with zero attached hydrogens (tertiary/aromatic N) is 1. The molecule has 2 N–H and O–H groups in total. The molecule has 2 unspecified atom stereocenters. The Balaban J connectivity index is 3.10. The van der Waals surface area contributed by atoms with E-state index in [0.29, 0.717) is 12.3 Å². The summed E-state index contributed by atoms with van der Waals surface area (Å²) in [6.45, 7) is 3.45. The normalized spacial score (nSPS) is 29.2. The maximum absolute atomic E-state index is 11.4. The number of hydrogen-bond acceptors (Lipinski definition) is 5. The molecule has 0 bridgehead atoms. The Labute approximate surface area is 103 Å². The van der Waals surface area contributed by atoms with Gasteiger partial charge in [-0.1, -0.05) is 6.92 Å². The van der Waals surface area contributed by atoms with Crippen molar-refractivity contribution in [1.29, 1.82) is 0 Å². The Kier molecular flexibility index (Phi) is 4.16. The highest BCUT2D eigenvalue weighted by Gasteiger charge is 2.54. The third-order valence-electron chi connectivity index (χ3n) is 2.86. The highest BCUT2D eigenvalue weighted by molar-refractivity contribution is 8.01. The SMILES string of the molecule is CCN1C(C(C)=O)CSC1(CC(=O)O)C(=O)O. The lowest BCUT2D eigenvalue weighted by molar-refractivity contribution is -0.153. The lowest BCUT2D eigenvalue weighted by Crippen LogP contribution is -2.54. The minimum Gasteiger partial charge on any atom is -0.481 e. The lowest BCUT2D eigenvalue weighted by atomic mass is 10.1. The van der Waals surface area contributed by atoms with E-state index in [1.165, 1.54) is 11.8 Å². The molecule has 17 heavy (non-hydrogen) atoms. The summed E-state index contributed by atoms with van der Waals surface area (Å²) < 4.78 is 0. The van der Waals surface area contributed by atoms with Crippen LogP contribution in [0, 0.1) is 0 Å². The molecule has 0 aromatic carbocycles. The third kappa shape index (κ3) is 2.44. The van der Waals surface area contributed by atoms with Crippen LogP contribution in [0.3, 0.4) is 0 Å². The molecule has 1 aliphatic heterocycles. The van der Waals surface area contributed by atoms with Crippen LogP contribution in [-0.2, 0) is 14.4 Å². The molecule has 0 amide bonds. The quantitative estimate of drug-likeness (QED) is 0.733. The fourth-order valence-electron chi connectivity index (χ4n) is 2.07. The monoisotopic (exact) mass is 261 g/mol. The average Bonchev–Trinajstić information content (AvgIpc) is 2.56. The van der Waals surface area contributed by atoms with Gasteiger partial charge in [-0.2, -0.15) is 0 Å². The van der Waals surface area contributed by atoms with Crippen LogP contribution in [0.1, 0.15) is 20.3 Å². The molecule has 6 nitrogen and oxygen atoms in total. The molecule has 1 saturated heterocycles. The number of hydrogen-bond donors (Lipinski definition) is 2. The van der Waals surface area contributed by atoms with Gasteiger partial charge in [0.15, 0.2) is 4.87 Å². The van der Waals surface area contributed by atoms with Gasteiger partial charge in [0.1, 0.15) is 5.78 Å². The van der Waals surface area contributed by atoms with E-state index >= 15 is 0 Å². The molecule has 0 saturated carbocycles. The van der Waals surface area contributed by atoms with Gasteiger partial charge in [-0.05, 0) is 13.5 Å². The van der Waals surface area contributed by atoms with Crippen molar-refractivity contribution >= 4 is 29.5 Å². The van der Waals surface area contributed by atoms with Gasteiger partial charge in [0.25, 0.3) is 0 Å². The molecule has 0 radical (unpaired) electrons. The molecule has 1 heterocycles. The molecule has 0 spiro atoms. The number of Topliss-reactive ketones (excluding diaryl/α,β-unsaturated/α-hetero) is 1. The fourth-order valence-corrected chi connectivity index (χ4v) is 3.69. The van der Waals surface area contributed by atoms with Crippen molar-refractivity contribution in [1.82, 2.24) is 4.90 Å². The first-order chi connectivity index (χ1) is 7.85. The van der Waals surface area contributed by atoms with Crippen molar-refractivity contribution in [3.8, 4) is 0 Å². The van der Waals surface area contributed by atoms with E-state index in [2.05, 4.69) is 0 Å². The summed E-state index contributed by atoms with van der Waals surface area (Å²) in [6, 6.07) is -0.513. The van der Waals surface area contributed by atoms with Gasteiger partial charge in [-0.3, -0.25) is 14.5 Å². The maximum atomic E-state index is 11.4. The number of ketones is 1. The zero-order valence-electron chi connectivity index (χ0n) is 9.67. The first-order valence-electron chi connectivity index (χ1n) is 5.21. The second-order valence-electron chi connectivity index (χ2n) is 3.88. The zero-order chi connectivity index (χ0) is 13.2. The first kappa shape index (κ1) is 14.0. The average molecular weight is 261 g/mol. The summed E-state index contributed by atoms with van der Waals surface area (Å²) in [5.41, 5.74) is 0. The van der Waals surface area contributed by atoms with Crippen LogP contribution >= 0.6 is 11.8 Å². The van der Waals surface area contributed by atoms with Gasteiger partial charge >= 0.3 is 11.9 Å². The summed E-state index contributed by atoms with van der Waals surface area (Å²) in [5, 5.41) is 18.1. The largest absolute Gasteiger partial charge is 0.481 e. The number of carboxylic acid groups (broad SMARTS) is 2. The zero-order valence-corrected chi connectivity index (χ0v) is 10.5. The van der Waals surface area contributed by atoms with Crippen LogP contribution in [0.2, 0.25) is 0 Å². The number of thioether (sulfide) groups is 1. The number of carbonyl (C=O) groups is 3. The summed E-state index contributed by atoms with van der Waals surface area (Å²) in [5.74, 6) is -2.19. The predicted octanol–water partition coefficient (Wildman–Crippen LogP) is 0.268. The van der Waals surface area contributed by atoms with Crippen molar-refractivity contribution in [2.24, 2.45) is 0 Å². The van der Waals surface area contributed by atoms with E-state index in [4.69, 9.17) is 5.11 Å². The van der Waals surface area contributed by atoms with Gasteiger partial charge in [-0.25, -0.2) is 4.79 Å². The number of rotatable bonds is 5. The maximum Gasteiger partial charge on any atom is 0.335 e. The van der Waals surface area contributed by atoms with E-state index < -0.39 is 29.3 Å². The van der Waals surface area contributed by atoms with Crippen molar-refractivity contribution in [2.75, 3.05) is 12.3 Å². The smallest absolute Gasteiger partial charge is 0.335 e. The molecule has 2 atom stereocenters. The molecule has 0 aromatic heterocycles. The highest BCUT2D eigenvalue weighted by Crippen LogP contribution is 2.42. The lowest BCUT2D eigenvalue weighted by Gasteiger charge is -2.34.